The van der Waals surface area contributed by atoms with Gasteiger partial charge >= 0.3 is 0 Å². The second kappa shape index (κ2) is 11.5. The van der Waals surface area contributed by atoms with Crippen LogP contribution in [0.5, 0.6) is 0 Å². The number of halogens is 1. The number of anilines is 1. The fraction of sp³-hybridized carbons (Fsp3) is 0.156. The number of benzene rings is 3. The van der Waals surface area contributed by atoms with Gasteiger partial charge in [0.25, 0.3) is 5.56 Å². The summed E-state index contributed by atoms with van der Waals surface area (Å²) in [5, 5.41) is 2.11. The molecule has 1 fully saturated rings. The van der Waals surface area contributed by atoms with Crippen molar-refractivity contribution in [3.05, 3.63) is 131 Å². The topological polar surface area (TPSA) is 92.6 Å². The van der Waals surface area contributed by atoms with E-state index >= 15 is 0 Å². The fourth-order valence-electron chi connectivity index (χ4n) is 5.32. The van der Waals surface area contributed by atoms with Crippen molar-refractivity contribution < 1.29 is 13.2 Å². The van der Waals surface area contributed by atoms with Gasteiger partial charge in [-0.25, -0.2) is 8.42 Å². The highest BCUT2D eigenvalue weighted by atomic mass is 35.5. The molecule has 8 nitrogen and oxygen atoms in total. The fourth-order valence-corrected chi connectivity index (χ4v) is 7.12. The molecule has 1 aliphatic heterocycles. The molecule has 5 aromatic rings. The van der Waals surface area contributed by atoms with Gasteiger partial charge in [-0.1, -0.05) is 35.9 Å². The highest BCUT2D eigenvalue weighted by molar-refractivity contribution is 7.89. The maximum absolute atomic E-state index is 14.2. The van der Waals surface area contributed by atoms with E-state index in [0.29, 0.717) is 41.5 Å². The van der Waals surface area contributed by atoms with Crippen molar-refractivity contribution in [3.63, 3.8) is 0 Å². The van der Waals surface area contributed by atoms with E-state index in [0.717, 1.165) is 10.8 Å². The van der Waals surface area contributed by atoms with Crippen LogP contribution in [-0.4, -0.2) is 40.8 Å². The van der Waals surface area contributed by atoms with Gasteiger partial charge < -0.3 is 4.90 Å². The average Bonchev–Trinajstić information content (AvgIpc) is 3.01. The van der Waals surface area contributed by atoms with Crippen LogP contribution in [0.1, 0.15) is 18.5 Å². The molecule has 0 radical (unpaired) electrons. The number of sulfonamides is 1. The molecule has 42 heavy (non-hydrogen) atoms. The van der Waals surface area contributed by atoms with Gasteiger partial charge in [-0.2, -0.15) is 4.31 Å². The lowest BCUT2D eigenvalue weighted by molar-refractivity contribution is -0.123. The van der Waals surface area contributed by atoms with Gasteiger partial charge in [-0.3, -0.25) is 19.1 Å². The second-order valence-electron chi connectivity index (χ2n) is 10.1. The van der Waals surface area contributed by atoms with Crippen molar-refractivity contribution in [2.24, 2.45) is 0 Å². The summed E-state index contributed by atoms with van der Waals surface area (Å²) >= 11 is 6.13. The second-order valence-corrected chi connectivity index (χ2v) is 12.4. The summed E-state index contributed by atoms with van der Waals surface area (Å²) in [6, 6.07) is 26.6. The van der Waals surface area contributed by atoms with E-state index in [4.69, 9.17) is 11.6 Å². The molecule has 1 aliphatic rings. The SMILES string of the molecule is O=C1C(N(Cc2ccccn2)S(=O)(=O)c2ccc3cc(Cl)ccc3c2)CCCN1c1ccc(-n2ccccc2=O)cc1. The van der Waals surface area contributed by atoms with Crippen molar-refractivity contribution in [3.8, 4) is 5.69 Å². The number of fused-ring (bicyclic) bond motifs is 1. The summed E-state index contributed by atoms with van der Waals surface area (Å²) < 4.78 is 31.3. The van der Waals surface area contributed by atoms with Crippen LogP contribution in [0.3, 0.4) is 0 Å². The summed E-state index contributed by atoms with van der Waals surface area (Å²) in [7, 11) is -4.11. The third-order valence-electron chi connectivity index (χ3n) is 7.44. The summed E-state index contributed by atoms with van der Waals surface area (Å²) in [6.07, 6.45) is 4.28. The minimum absolute atomic E-state index is 0.0536. The van der Waals surface area contributed by atoms with Gasteiger partial charge in [0.05, 0.1) is 17.1 Å². The average molecular weight is 599 g/mol. The maximum atomic E-state index is 14.2. The van der Waals surface area contributed by atoms with E-state index in [9.17, 15) is 18.0 Å². The zero-order valence-electron chi connectivity index (χ0n) is 22.5. The quantitative estimate of drug-likeness (QED) is 0.249. The first-order valence-electron chi connectivity index (χ1n) is 13.5. The molecule has 0 saturated carbocycles. The van der Waals surface area contributed by atoms with Crippen LogP contribution < -0.4 is 10.5 Å². The third kappa shape index (κ3) is 5.46. The van der Waals surface area contributed by atoms with E-state index in [-0.39, 0.29) is 22.9 Å². The zero-order chi connectivity index (χ0) is 29.3. The summed E-state index contributed by atoms with van der Waals surface area (Å²) in [6.45, 7) is 0.399. The molecular formula is C32H27ClN4O4S. The largest absolute Gasteiger partial charge is 0.311 e. The molecule has 0 N–H and O–H groups in total. The lowest BCUT2D eigenvalue weighted by Gasteiger charge is -2.37. The Kier molecular flexibility index (Phi) is 7.64. The highest BCUT2D eigenvalue weighted by Gasteiger charge is 2.40. The Bertz CT molecular complexity index is 1930. The van der Waals surface area contributed by atoms with Crippen LogP contribution in [0.25, 0.3) is 16.5 Å². The lowest BCUT2D eigenvalue weighted by Crippen LogP contribution is -2.54. The summed E-state index contributed by atoms with van der Waals surface area (Å²) in [4.78, 5) is 32.3. The van der Waals surface area contributed by atoms with Crippen molar-refractivity contribution in [2.75, 3.05) is 11.4 Å². The Morgan fingerprint density at radius 2 is 1.60 bits per heavy atom. The molecule has 0 spiro atoms. The molecule has 1 amide bonds. The van der Waals surface area contributed by atoms with Gasteiger partial charge in [0, 0.05) is 41.4 Å². The van der Waals surface area contributed by atoms with Crippen molar-refractivity contribution in [1.82, 2.24) is 13.9 Å². The molecule has 0 bridgehead atoms. The monoisotopic (exact) mass is 598 g/mol. The minimum atomic E-state index is -4.11. The van der Waals surface area contributed by atoms with Crippen LogP contribution >= 0.6 is 11.6 Å². The molecule has 1 unspecified atom stereocenters. The van der Waals surface area contributed by atoms with E-state index in [1.54, 1.807) is 108 Å². The number of piperidine rings is 1. The van der Waals surface area contributed by atoms with Gasteiger partial charge in [0.2, 0.25) is 15.9 Å². The first kappa shape index (κ1) is 27.8. The van der Waals surface area contributed by atoms with Gasteiger partial charge in [-0.05, 0) is 90.3 Å². The molecule has 3 heterocycles. The Hall–Kier alpha value is -4.31. The van der Waals surface area contributed by atoms with E-state index in [2.05, 4.69) is 4.98 Å². The van der Waals surface area contributed by atoms with Crippen molar-refractivity contribution >= 4 is 44.0 Å². The van der Waals surface area contributed by atoms with Crippen molar-refractivity contribution in [2.45, 2.75) is 30.3 Å². The van der Waals surface area contributed by atoms with Crippen molar-refractivity contribution in [1.29, 1.82) is 0 Å². The number of pyridine rings is 2. The number of hydrogen-bond acceptors (Lipinski definition) is 5. The first-order chi connectivity index (χ1) is 20.3. The Morgan fingerprint density at radius 1 is 0.857 bits per heavy atom. The Morgan fingerprint density at radius 3 is 2.36 bits per heavy atom. The van der Waals surface area contributed by atoms with Crippen LogP contribution in [0, 0.1) is 0 Å². The van der Waals surface area contributed by atoms with E-state index < -0.39 is 16.1 Å². The minimum Gasteiger partial charge on any atom is -0.311 e. The number of nitrogens with zero attached hydrogens (tertiary/aromatic N) is 4. The molecule has 1 atom stereocenters. The third-order valence-corrected chi connectivity index (χ3v) is 9.53. The molecule has 1 saturated heterocycles. The van der Waals surface area contributed by atoms with Gasteiger partial charge in [0.15, 0.2) is 0 Å². The molecular weight excluding hydrogens is 572 g/mol. The predicted octanol–water partition coefficient (Wildman–Crippen LogP) is 5.43. The van der Waals surface area contributed by atoms with E-state index in [1.807, 2.05) is 0 Å². The number of carbonyl (C=O) groups is 1. The predicted molar refractivity (Wildman–Crippen MR) is 163 cm³/mol. The molecule has 6 rings (SSSR count). The Balaban J connectivity index is 1.35. The van der Waals surface area contributed by atoms with Gasteiger partial charge in [-0.15, -0.1) is 0 Å². The zero-order valence-corrected chi connectivity index (χ0v) is 24.1. The van der Waals surface area contributed by atoms with Crippen LogP contribution in [0.4, 0.5) is 5.69 Å². The number of rotatable bonds is 7. The lowest BCUT2D eigenvalue weighted by atomic mass is 10.0. The van der Waals surface area contributed by atoms with Crippen LogP contribution in [-0.2, 0) is 21.4 Å². The van der Waals surface area contributed by atoms with Crippen LogP contribution in [0.2, 0.25) is 5.02 Å². The smallest absolute Gasteiger partial charge is 0.255 e. The molecule has 10 heteroatoms. The maximum Gasteiger partial charge on any atom is 0.255 e. The summed E-state index contributed by atoms with van der Waals surface area (Å²) in [5.41, 5.74) is 1.68. The van der Waals surface area contributed by atoms with E-state index in [1.165, 1.54) is 14.9 Å². The molecule has 2 aromatic heterocycles. The standard InChI is InChI=1S/C32H27ClN4O4S/c33-25-11-9-24-21-29(16-10-23(24)20-25)42(40,41)37(22-26-6-1-3-17-34-26)30-7-5-19-36(32(30)39)28-14-12-27(13-15-28)35-18-4-2-8-31(35)38/h1-4,6,8-18,20-21,30H,5,7,19,22H2. The number of amides is 1. The number of aromatic nitrogens is 2. The summed E-state index contributed by atoms with van der Waals surface area (Å²) in [5.74, 6) is -0.307. The first-order valence-corrected chi connectivity index (χ1v) is 15.3. The normalized spacial score (nSPS) is 15.8. The number of hydrogen-bond donors (Lipinski definition) is 0. The van der Waals surface area contributed by atoms with Crippen LogP contribution in [0.15, 0.2) is 119 Å². The molecule has 3 aromatic carbocycles. The Labute approximate surface area is 248 Å². The number of carbonyl (C=O) groups excluding carboxylic acids is 1. The van der Waals surface area contributed by atoms with Gasteiger partial charge in [0.1, 0.15) is 6.04 Å². The highest BCUT2D eigenvalue weighted by Crippen LogP contribution is 2.31. The molecule has 0 aliphatic carbocycles. The molecule has 212 valence electrons.